The summed E-state index contributed by atoms with van der Waals surface area (Å²) in [7, 11) is 1.71. The molecule has 174 valence electrons. The lowest BCUT2D eigenvalue weighted by atomic mass is 9.49. The van der Waals surface area contributed by atoms with Crippen molar-refractivity contribution in [2.24, 2.45) is 22.7 Å². The summed E-state index contributed by atoms with van der Waals surface area (Å²) in [6.07, 6.45) is 6.59. The molecule has 3 aliphatic rings. The van der Waals surface area contributed by atoms with Crippen molar-refractivity contribution in [2.75, 3.05) is 51.4 Å². The molecule has 31 heavy (non-hydrogen) atoms. The zero-order chi connectivity index (χ0) is 22.1. The van der Waals surface area contributed by atoms with Gasteiger partial charge in [-0.2, -0.15) is 0 Å². The highest BCUT2D eigenvalue weighted by Crippen LogP contribution is 2.59. The van der Waals surface area contributed by atoms with Crippen LogP contribution in [0.5, 0.6) is 5.75 Å². The molecule has 2 saturated carbocycles. The Morgan fingerprint density at radius 2 is 1.71 bits per heavy atom. The minimum absolute atomic E-state index is 0.434. The van der Waals surface area contributed by atoms with Crippen LogP contribution >= 0.6 is 0 Å². The Morgan fingerprint density at radius 3 is 2.42 bits per heavy atom. The van der Waals surface area contributed by atoms with Crippen LogP contribution in [0.2, 0.25) is 0 Å². The molecule has 1 aromatic heterocycles. The van der Waals surface area contributed by atoms with E-state index in [1.54, 1.807) is 7.11 Å². The maximum Gasteiger partial charge on any atom is 0.171 e. The highest BCUT2D eigenvalue weighted by atomic mass is 16.5. The van der Waals surface area contributed by atoms with E-state index in [0.717, 1.165) is 49.6 Å². The number of aromatic nitrogens is 1. The summed E-state index contributed by atoms with van der Waals surface area (Å²) in [5, 5.41) is 3.45. The molecule has 1 saturated heterocycles. The van der Waals surface area contributed by atoms with E-state index in [1.165, 1.54) is 37.8 Å². The number of fused-ring (bicyclic) bond motifs is 1. The molecule has 0 spiro atoms. The summed E-state index contributed by atoms with van der Waals surface area (Å²) in [5.41, 5.74) is 2.18. The minimum Gasteiger partial charge on any atom is -0.487 e. The number of pyridine rings is 1. The van der Waals surface area contributed by atoms with Crippen molar-refractivity contribution in [1.29, 1.82) is 0 Å². The molecular weight excluding hydrogens is 386 g/mol. The van der Waals surface area contributed by atoms with Gasteiger partial charge in [0.25, 0.3) is 0 Å². The Labute approximate surface area is 189 Å². The molecule has 1 N–H and O–H groups in total. The number of rotatable bonds is 6. The predicted octanol–water partition coefficient (Wildman–Crippen LogP) is 4.86. The molecule has 3 atom stereocenters. The van der Waals surface area contributed by atoms with Crippen LogP contribution in [0.3, 0.4) is 0 Å². The van der Waals surface area contributed by atoms with Gasteiger partial charge in [0.2, 0.25) is 0 Å². The van der Waals surface area contributed by atoms with Gasteiger partial charge in [-0.15, -0.1) is 0 Å². The number of methoxy groups -OCH3 is 1. The maximum absolute atomic E-state index is 6.07. The van der Waals surface area contributed by atoms with Crippen LogP contribution in [0, 0.1) is 22.7 Å². The Kier molecular flexibility index (Phi) is 6.83. The van der Waals surface area contributed by atoms with E-state index in [2.05, 4.69) is 50.0 Å². The van der Waals surface area contributed by atoms with Crippen molar-refractivity contribution in [2.45, 2.75) is 65.7 Å². The van der Waals surface area contributed by atoms with Crippen LogP contribution in [0.15, 0.2) is 12.1 Å². The first kappa shape index (κ1) is 22.8. The van der Waals surface area contributed by atoms with Gasteiger partial charge in [-0.05, 0) is 66.9 Å². The summed E-state index contributed by atoms with van der Waals surface area (Å²) >= 11 is 0. The minimum atomic E-state index is 0.434. The van der Waals surface area contributed by atoms with Crippen molar-refractivity contribution >= 4 is 5.82 Å². The van der Waals surface area contributed by atoms with Gasteiger partial charge in [0, 0.05) is 44.9 Å². The molecule has 5 heteroatoms. The summed E-state index contributed by atoms with van der Waals surface area (Å²) in [5.74, 6) is 4.12. The first-order valence-electron chi connectivity index (χ1n) is 12.4. The average Bonchev–Trinajstić information content (AvgIpc) is 2.78. The molecule has 3 unspecified atom stereocenters. The molecule has 2 aliphatic carbocycles. The summed E-state index contributed by atoms with van der Waals surface area (Å²) < 4.78 is 11.3. The SMILES string of the molecule is COCCOc1ccc(C2CCC3C(C2)C(C)(C)CCC3(C)C)nc1N1CCNCC1. The van der Waals surface area contributed by atoms with Crippen molar-refractivity contribution in [1.82, 2.24) is 10.3 Å². The fourth-order valence-electron chi connectivity index (χ4n) is 6.38. The largest absolute Gasteiger partial charge is 0.487 e. The van der Waals surface area contributed by atoms with E-state index >= 15 is 0 Å². The lowest BCUT2D eigenvalue weighted by molar-refractivity contribution is -0.0501. The number of hydrogen-bond donors (Lipinski definition) is 1. The predicted molar refractivity (Wildman–Crippen MR) is 127 cm³/mol. The van der Waals surface area contributed by atoms with Crippen molar-refractivity contribution in [3.8, 4) is 5.75 Å². The highest BCUT2D eigenvalue weighted by Gasteiger charge is 2.50. The van der Waals surface area contributed by atoms with Gasteiger partial charge in [-0.3, -0.25) is 0 Å². The van der Waals surface area contributed by atoms with Crippen LogP contribution in [0.25, 0.3) is 0 Å². The molecular formula is C26H43N3O2. The second kappa shape index (κ2) is 9.27. The van der Waals surface area contributed by atoms with Gasteiger partial charge in [0.1, 0.15) is 6.61 Å². The average molecular weight is 430 g/mol. The van der Waals surface area contributed by atoms with Gasteiger partial charge in [-0.25, -0.2) is 4.98 Å². The monoisotopic (exact) mass is 429 g/mol. The third-order valence-electron chi connectivity index (χ3n) is 8.51. The molecule has 0 amide bonds. The van der Waals surface area contributed by atoms with Gasteiger partial charge < -0.3 is 19.7 Å². The fourth-order valence-corrected chi connectivity index (χ4v) is 6.38. The number of nitrogens with zero attached hydrogens (tertiary/aromatic N) is 2. The van der Waals surface area contributed by atoms with E-state index in [4.69, 9.17) is 14.5 Å². The molecule has 0 radical (unpaired) electrons. The molecule has 1 aromatic rings. The first-order valence-corrected chi connectivity index (χ1v) is 12.4. The van der Waals surface area contributed by atoms with Crippen LogP contribution < -0.4 is 15.0 Å². The summed E-state index contributed by atoms with van der Waals surface area (Å²) in [4.78, 5) is 7.64. The van der Waals surface area contributed by atoms with Gasteiger partial charge in [0.05, 0.1) is 6.61 Å². The Morgan fingerprint density at radius 1 is 1.00 bits per heavy atom. The molecule has 1 aliphatic heterocycles. The lowest BCUT2D eigenvalue weighted by Crippen LogP contribution is -2.47. The van der Waals surface area contributed by atoms with E-state index in [1.807, 2.05) is 0 Å². The summed E-state index contributed by atoms with van der Waals surface area (Å²) in [6, 6.07) is 4.40. The molecule has 0 bridgehead atoms. The van der Waals surface area contributed by atoms with E-state index < -0.39 is 0 Å². The number of hydrogen-bond acceptors (Lipinski definition) is 5. The Balaban J connectivity index is 1.57. The van der Waals surface area contributed by atoms with Gasteiger partial charge in [-0.1, -0.05) is 27.7 Å². The normalized spacial score (nSPS) is 30.0. The fraction of sp³-hybridized carbons (Fsp3) is 0.808. The van der Waals surface area contributed by atoms with E-state index in [-0.39, 0.29) is 0 Å². The highest BCUT2D eigenvalue weighted by molar-refractivity contribution is 5.54. The van der Waals surface area contributed by atoms with Gasteiger partial charge in [0.15, 0.2) is 11.6 Å². The van der Waals surface area contributed by atoms with E-state index in [0.29, 0.717) is 30.0 Å². The van der Waals surface area contributed by atoms with Crippen molar-refractivity contribution in [3.05, 3.63) is 17.8 Å². The smallest absolute Gasteiger partial charge is 0.171 e. The first-order chi connectivity index (χ1) is 14.8. The zero-order valence-corrected chi connectivity index (χ0v) is 20.4. The second-order valence-electron chi connectivity index (χ2n) is 11.3. The van der Waals surface area contributed by atoms with Crippen LogP contribution in [0.4, 0.5) is 5.82 Å². The zero-order valence-electron chi connectivity index (χ0n) is 20.4. The van der Waals surface area contributed by atoms with Crippen LogP contribution in [-0.4, -0.2) is 51.5 Å². The molecule has 5 nitrogen and oxygen atoms in total. The van der Waals surface area contributed by atoms with E-state index in [9.17, 15) is 0 Å². The molecule has 0 aromatic carbocycles. The lowest BCUT2D eigenvalue weighted by Gasteiger charge is -2.56. The maximum atomic E-state index is 6.07. The number of ether oxygens (including phenoxy) is 2. The molecule has 2 heterocycles. The van der Waals surface area contributed by atoms with Gasteiger partial charge >= 0.3 is 0 Å². The topological polar surface area (TPSA) is 46.6 Å². The number of nitrogens with one attached hydrogen (secondary N) is 1. The molecule has 4 rings (SSSR count). The van der Waals surface area contributed by atoms with Crippen LogP contribution in [-0.2, 0) is 4.74 Å². The standard InChI is InChI=1S/C26H43N3O2/c1-25(2)10-11-26(3,4)21-18-19(6-7-20(21)25)22-8-9-23(31-17-16-30-5)24(28-22)29-14-12-27-13-15-29/h8-9,19-21,27H,6-7,10-18H2,1-5H3. The van der Waals surface area contributed by atoms with Crippen molar-refractivity contribution in [3.63, 3.8) is 0 Å². The quantitative estimate of drug-likeness (QED) is 0.654. The number of piperazine rings is 1. The third kappa shape index (κ3) is 4.88. The van der Waals surface area contributed by atoms with Crippen LogP contribution in [0.1, 0.15) is 71.4 Å². The Bertz CT molecular complexity index is 742. The summed E-state index contributed by atoms with van der Waals surface area (Å²) in [6.45, 7) is 15.1. The number of anilines is 1. The third-order valence-corrected chi connectivity index (χ3v) is 8.51. The second-order valence-corrected chi connectivity index (χ2v) is 11.3. The van der Waals surface area contributed by atoms with Crippen molar-refractivity contribution < 1.29 is 9.47 Å². The molecule has 3 fully saturated rings. The Hall–Kier alpha value is -1.33.